The van der Waals surface area contributed by atoms with Crippen LogP contribution in [-0.2, 0) is 16.3 Å². The van der Waals surface area contributed by atoms with Crippen LogP contribution in [0.4, 0.5) is 13.2 Å². The van der Waals surface area contributed by atoms with Gasteiger partial charge in [0.1, 0.15) is 11.4 Å². The molecule has 0 saturated carbocycles. The summed E-state index contributed by atoms with van der Waals surface area (Å²) in [6.45, 7) is 5.72. The van der Waals surface area contributed by atoms with Crippen LogP contribution in [0.25, 0.3) is 0 Å². The Bertz CT molecular complexity index is 1440. The van der Waals surface area contributed by atoms with Gasteiger partial charge in [-0.2, -0.15) is 13.2 Å². The summed E-state index contributed by atoms with van der Waals surface area (Å²) in [4.78, 5) is 0.764. The number of hydrogen-bond acceptors (Lipinski definition) is 3. The third-order valence-electron chi connectivity index (χ3n) is 5.44. The SMILES string of the molecule is CC(C)(C)Oc1ccc(S([OH+]S(=O)(=O)c2ccccc2C(F)(F)F)(c2ccccc2)c2ccccc2)cc1. The molecule has 0 heterocycles. The molecule has 0 amide bonds. The molecule has 0 spiro atoms. The maximum atomic E-state index is 13.8. The number of rotatable bonds is 7. The second-order valence-corrected chi connectivity index (χ2v) is 14.0. The summed E-state index contributed by atoms with van der Waals surface area (Å²) in [6, 6.07) is 28.6. The van der Waals surface area contributed by atoms with Crippen LogP contribution in [0.1, 0.15) is 26.3 Å². The molecule has 4 aromatic rings. The van der Waals surface area contributed by atoms with Gasteiger partial charge in [0.25, 0.3) is 0 Å². The van der Waals surface area contributed by atoms with E-state index in [0.29, 0.717) is 20.4 Å². The lowest BCUT2D eigenvalue weighted by molar-refractivity contribution is -0.140. The summed E-state index contributed by atoms with van der Waals surface area (Å²) >= 11 is 0. The Morgan fingerprint density at radius 3 is 1.55 bits per heavy atom. The van der Waals surface area contributed by atoms with Gasteiger partial charge in [-0.15, -0.1) is 8.42 Å². The molecule has 38 heavy (non-hydrogen) atoms. The van der Waals surface area contributed by atoms with E-state index < -0.39 is 42.7 Å². The first-order valence-corrected chi connectivity index (χ1v) is 14.7. The normalized spacial score (nSPS) is 13.2. The zero-order valence-electron chi connectivity index (χ0n) is 21.0. The van der Waals surface area contributed by atoms with Crippen molar-refractivity contribution in [3.8, 4) is 5.75 Å². The standard InChI is InChI=1S/C29H27F3O4S2/c1-28(2,3)35-22-18-20-25(21-19-22)37(23-12-6-4-7-13-23,24-14-8-5-9-15-24)36-38(33,34)27-17-11-10-16-26(27)29(30,31)32/h4-21H,1-3H3/p+1. The average Bonchev–Trinajstić information content (AvgIpc) is 2.87. The highest BCUT2D eigenvalue weighted by Gasteiger charge is 2.46. The number of hydrogen-bond donors (Lipinski definition) is 0. The summed E-state index contributed by atoms with van der Waals surface area (Å²) in [5, 5.41) is 0. The summed E-state index contributed by atoms with van der Waals surface area (Å²) in [5.41, 5.74) is -1.72. The van der Waals surface area contributed by atoms with Crippen molar-refractivity contribution in [1.29, 1.82) is 0 Å². The van der Waals surface area contributed by atoms with Crippen molar-refractivity contribution in [3.63, 3.8) is 0 Å². The Morgan fingerprint density at radius 2 is 1.08 bits per heavy atom. The van der Waals surface area contributed by atoms with Crippen LogP contribution < -0.4 is 4.74 Å². The van der Waals surface area contributed by atoms with Gasteiger partial charge in [0.15, 0.2) is 4.90 Å². The summed E-state index contributed by atoms with van der Waals surface area (Å²) in [5.74, 6) is 0.570. The third kappa shape index (κ3) is 5.90. The van der Waals surface area contributed by atoms with Crippen molar-refractivity contribution in [2.24, 2.45) is 0 Å². The first-order valence-electron chi connectivity index (χ1n) is 11.7. The van der Waals surface area contributed by atoms with Crippen molar-refractivity contribution in [2.45, 2.75) is 52.1 Å². The van der Waals surface area contributed by atoms with Crippen molar-refractivity contribution in [3.05, 3.63) is 115 Å². The molecule has 0 aliphatic carbocycles. The molecular weight excluding hydrogens is 533 g/mol. The van der Waals surface area contributed by atoms with E-state index in [9.17, 15) is 21.6 Å². The molecule has 4 nitrogen and oxygen atoms in total. The van der Waals surface area contributed by atoms with Gasteiger partial charge in [-0.05, 0) is 81.4 Å². The summed E-state index contributed by atoms with van der Waals surface area (Å²) in [7, 11) is -7.75. The quantitative estimate of drug-likeness (QED) is 0.168. The Kier molecular flexibility index (Phi) is 7.65. The summed E-state index contributed by atoms with van der Waals surface area (Å²) < 4.78 is 79.5. The van der Waals surface area contributed by atoms with Crippen LogP contribution >= 0.6 is 10.3 Å². The molecule has 200 valence electrons. The lowest BCUT2D eigenvalue weighted by Crippen LogP contribution is -2.23. The maximum Gasteiger partial charge on any atom is 0.422 e. The van der Waals surface area contributed by atoms with Crippen LogP contribution in [0.15, 0.2) is 129 Å². The molecule has 0 unspecified atom stereocenters. The van der Waals surface area contributed by atoms with E-state index in [1.54, 1.807) is 84.9 Å². The Labute approximate surface area is 222 Å². The van der Waals surface area contributed by atoms with Gasteiger partial charge in [0, 0.05) is 0 Å². The molecule has 0 atom stereocenters. The van der Waals surface area contributed by atoms with Gasteiger partial charge >= 0.3 is 16.3 Å². The van der Waals surface area contributed by atoms with E-state index >= 15 is 0 Å². The molecule has 4 aromatic carbocycles. The second kappa shape index (κ2) is 10.5. The van der Waals surface area contributed by atoms with E-state index in [1.807, 2.05) is 20.8 Å². The maximum absolute atomic E-state index is 13.8. The van der Waals surface area contributed by atoms with E-state index in [4.69, 9.17) is 4.74 Å². The molecule has 0 saturated heterocycles. The highest BCUT2D eigenvalue weighted by Crippen LogP contribution is 2.68. The van der Waals surface area contributed by atoms with Gasteiger partial charge in [-0.3, -0.25) is 3.63 Å². The van der Waals surface area contributed by atoms with E-state index in [1.165, 1.54) is 6.07 Å². The van der Waals surface area contributed by atoms with Crippen LogP contribution in [0, 0.1) is 0 Å². The molecule has 9 heteroatoms. The fourth-order valence-corrected chi connectivity index (χ4v) is 9.64. The van der Waals surface area contributed by atoms with Crippen molar-refractivity contribution in [2.75, 3.05) is 0 Å². The van der Waals surface area contributed by atoms with Gasteiger partial charge in [-0.1, -0.05) is 48.5 Å². The lowest BCUT2D eigenvalue weighted by atomic mass is 10.2. The molecule has 0 aromatic heterocycles. The molecule has 0 bridgehead atoms. The fourth-order valence-electron chi connectivity index (χ4n) is 3.94. The average molecular weight is 562 g/mol. The molecule has 0 radical (unpaired) electrons. The Morgan fingerprint density at radius 1 is 0.632 bits per heavy atom. The number of ether oxygens (including phenoxy) is 1. The van der Waals surface area contributed by atoms with Crippen LogP contribution in [-0.4, -0.2) is 17.6 Å². The molecule has 0 aliphatic heterocycles. The largest absolute Gasteiger partial charge is 0.488 e. The van der Waals surface area contributed by atoms with E-state index in [0.717, 1.165) is 18.2 Å². The van der Waals surface area contributed by atoms with E-state index in [-0.39, 0.29) is 0 Å². The summed E-state index contributed by atoms with van der Waals surface area (Å²) in [6.07, 6.45) is -4.87. The van der Waals surface area contributed by atoms with Gasteiger partial charge < -0.3 is 4.74 Å². The monoisotopic (exact) mass is 561 g/mol. The smallest absolute Gasteiger partial charge is 0.422 e. The third-order valence-corrected chi connectivity index (χ3v) is 10.9. The predicted molar refractivity (Wildman–Crippen MR) is 143 cm³/mol. The minimum atomic E-state index is -4.87. The fraction of sp³-hybridized carbons (Fsp3) is 0.172. The zero-order valence-corrected chi connectivity index (χ0v) is 22.6. The molecule has 4 rings (SSSR count). The van der Waals surface area contributed by atoms with E-state index in [2.05, 4.69) is 3.63 Å². The van der Waals surface area contributed by atoms with Crippen molar-refractivity contribution < 1.29 is 30.0 Å². The number of benzene rings is 4. The van der Waals surface area contributed by atoms with Gasteiger partial charge in [0.05, 0.1) is 30.6 Å². The van der Waals surface area contributed by atoms with Crippen LogP contribution in [0.5, 0.6) is 5.75 Å². The Balaban J connectivity index is 1.98. The predicted octanol–water partition coefficient (Wildman–Crippen LogP) is 8.56. The van der Waals surface area contributed by atoms with Crippen LogP contribution in [0.2, 0.25) is 0 Å². The second-order valence-electron chi connectivity index (χ2n) is 9.44. The van der Waals surface area contributed by atoms with Crippen LogP contribution in [0.3, 0.4) is 0 Å². The zero-order chi connectivity index (χ0) is 27.6. The minimum absolute atomic E-state index is 0.459. The highest BCUT2D eigenvalue weighted by molar-refractivity contribution is 8.32. The van der Waals surface area contributed by atoms with Gasteiger partial charge in [-0.25, -0.2) is 0 Å². The first kappa shape index (κ1) is 27.8. The minimum Gasteiger partial charge on any atom is -0.488 e. The first-order chi connectivity index (χ1) is 17.8. The van der Waals surface area contributed by atoms with Gasteiger partial charge in [0.2, 0.25) is 0 Å². The highest BCUT2D eigenvalue weighted by atomic mass is 32.3. The van der Waals surface area contributed by atoms with Crippen molar-refractivity contribution in [1.82, 2.24) is 0 Å². The van der Waals surface area contributed by atoms with Crippen molar-refractivity contribution >= 4 is 20.4 Å². The number of halogens is 3. The Hall–Kier alpha value is -3.27. The number of alkyl halides is 3. The molecule has 0 aliphatic rings. The molecule has 0 fully saturated rings. The topological polar surface area (TPSA) is 56.2 Å². The molecule has 1 N–H and O–H groups in total. The lowest BCUT2D eigenvalue weighted by Gasteiger charge is -2.35. The molecular formula is C29H28F3O4S2+.